The number of ether oxygens (including phenoxy) is 1. The zero-order valence-corrected chi connectivity index (χ0v) is 22.5. The largest absolute Gasteiger partial charge is 0.481 e. The van der Waals surface area contributed by atoms with E-state index in [2.05, 4.69) is 52.4 Å². The molecule has 0 spiro atoms. The number of hydrogen-bond donors (Lipinski definition) is 1. The van der Waals surface area contributed by atoms with Crippen LogP contribution in [0.2, 0.25) is 0 Å². The maximum atomic E-state index is 12.5. The van der Waals surface area contributed by atoms with Gasteiger partial charge in [-0.05, 0) is 62.3 Å². The monoisotopic (exact) mass is 511 g/mol. The van der Waals surface area contributed by atoms with Crippen molar-refractivity contribution in [2.24, 2.45) is 0 Å². The lowest BCUT2D eigenvalue weighted by molar-refractivity contribution is 0.0685. The van der Waals surface area contributed by atoms with Gasteiger partial charge in [0, 0.05) is 58.1 Å². The van der Waals surface area contributed by atoms with Crippen LogP contribution in [0.1, 0.15) is 29.5 Å². The van der Waals surface area contributed by atoms with E-state index in [0.29, 0.717) is 18.7 Å². The molecule has 37 heavy (non-hydrogen) atoms. The number of pyridine rings is 2. The van der Waals surface area contributed by atoms with Crippen molar-refractivity contribution in [1.29, 1.82) is 0 Å². The molecule has 0 bridgehead atoms. The number of benzene rings is 2. The molecule has 0 fully saturated rings. The lowest BCUT2D eigenvalue weighted by Crippen LogP contribution is -2.32. The summed E-state index contributed by atoms with van der Waals surface area (Å²) in [5.74, 6) is 1.58. The topological polar surface area (TPSA) is 58.5 Å². The molecule has 5 nitrogen and oxygen atoms in total. The van der Waals surface area contributed by atoms with Gasteiger partial charge in [-0.2, -0.15) is 0 Å². The molecule has 0 aliphatic carbocycles. The van der Waals surface area contributed by atoms with Crippen LogP contribution in [0.25, 0.3) is 22.0 Å². The third kappa shape index (κ3) is 5.42. The van der Waals surface area contributed by atoms with Crippen molar-refractivity contribution in [2.45, 2.75) is 24.9 Å². The van der Waals surface area contributed by atoms with Crippen LogP contribution in [0.5, 0.6) is 5.88 Å². The van der Waals surface area contributed by atoms with Gasteiger partial charge in [-0.1, -0.05) is 42.5 Å². The highest BCUT2D eigenvalue weighted by Gasteiger charge is 2.38. The smallest absolute Gasteiger partial charge is 0.217 e. The first-order chi connectivity index (χ1) is 18.0. The highest BCUT2D eigenvalue weighted by atomic mass is 32.2. The van der Waals surface area contributed by atoms with Gasteiger partial charge in [-0.25, -0.2) is 4.98 Å². The van der Waals surface area contributed by atoms with E-state index in [4.69, 9.17) is 9.72 Å². The predicted molar refractivity (Wildman–Crippen MR) is 153 cm³/mol. The van der Waals surface area contributed by atoms with Gasteiger partial charge in [0.2, 0.25) is 5.88 Å². The number of hydrogen-bond acceptors (Lipinski definition) is 6. The quantitative estimate of drug-likeness (QED) is 0.295. The molecule has 5 rings (SSSR count). The molecule has 0 saturated carbocycles. The average Bonchev–Trinajstić information content (AvgIpc) is 3.48. The summed E-state index contributed by atoms with van der Waals surface area (Å²) in [7, 11) is 5.75. The summed E-state index contributed by atoms with van der Waals surface area (Å²) in [5, 5.41) is 13.4. The van der Waals surface area contributed by atoms with Crippen molar-refractivity contribution in [3.8, 4) is 17.0 Å². The first-order valence-electron chi connectivity index (χ1n) is 12.6. The molecule has 1 aliphatic rings. The van der Waals surface area contributed by atoms with Gasteiger partial charge < -0.3 is 14.7 Å². The first-order valence-corrected chi connectivity index (χ1v) is 13.6. The number of nitrogens with zero attached hydrogens (tertiary/aromatic N) is 3. The fourth-order valence-electron chi connectivity index (χ4n) is 4.93. The van der Waals surface area contributed by atoms with Crippen LogP contribution >= 0.6 is 11.8 Å². The standard InChI is InChI=1S/C31H33N3O2S/c1-34(2)15-13-31(35,28-12-8-16-37-28)27-20-24(23-11-7-14-32-21-23)18-25-19-26(30(36-3)33-29(25)27)17-22-9-5-4-6-10-22/h4-7,9-12,14,18-21,35H,8,13,15-17H2,1-3H3. The van der Waals surface area contributed by atoms with E-state index in [-0.39, 0.29) is 0 Å². The fourth-order valence-corrected chi connectivity index (χ4v) is 6.07. The van der Waals surface area contributed by atoms with Crippen molar-refractivity contribution in [3.05, 3.63) is 101 Å². The third-order valence-electron chi connectivity index (χ3n) is 6.86. The molecule has 1 atom stereocenters. The third-order valence-corrected chi connectivity index (χ3v) is 8.12. The summed E-state index contributed by atoms with van der Waals surface area (Å²) in [5.41, 5.74) is 4.67. The second-order valence-corrected chi connectivity index (χ2v) is 10.9. The zero-order chi connectivity index (χ0) is 25.8. The molecule has 0 saturated heterocycles. The number of rotatable bonds is 9. The Labute approximate surface area is 223 Å². The van der Waals surface area contributed by atoms with Gasteiger partial charge in [0.05, 0.1) is 12.6 Å². The van der Waals surface area contributed by atoms with E-state index in [9.17, 15) is 5.11 Å². The molecule has 1 N–H and O–H groups in total. The summed E-state index contributed by atoms with van der Waals surface area (Å²) < 4.78 is 5.80. The average molecular weight is 512 g/mol. The molecule has 2 aromatic carbocycles. The van der Waals surface area contributed by atoms with E-state index in [0.717, 1.165) is 56.8 Å². The highest BCUT2D eigenvalue weighted by molar-refractivity contribution is 8.03. The Kier molecular flexibility index (Phi) is 7.60. The fraction of sp³-hybridized carbons (Fsp3) is 0.290. The minimum Gasteiger partial charge on any atom is -0.481 e. The minimum absolute atomic E-state index is 0.570. The minimum atomic E-state index is -1.15. The van der Waals surface area contributed by atoms with Crippen LogP contribution in [0.4, 0.5) is 0 Å². The van der Waals surface area contributed by atoms with Gasteiger partial charge >= 0.3 is 0 Å². The first kappa shape index (κ1) is 25.5. The molecule has 4 aromatic rings. The van der Waals surface area contributed by atoms with E-state index in [1.54, 1.807) is 25.1 Å². The second-order valence-electron chi connectivity index (χ2n) is 9.78. The Morgan fingerprint density at radius 3 is 2.57 bits per heavy atom. The van der Waals surface area contributed by atoms with Crippen LogP contribution in [0, 0.1) is 0 Å². The van der Waals surface area contributed by atoms with Crippen LogP contribution in [0.3, 0.4) is 0 Å². The number of methoxy groups -OCH3 is 1. The maximum absolute atomic E-state index is 12.5. The van der Waals surface area contributed by atoms with E-state index >= 15 is 0 Å². The normalized spacial score (nSPS) is 15.1. The van der Waals surface area contributed by atoms with Crippen LogP contribution in [-0.2, 0) is 12.0 Å². The Morgan fingerprint density at radius 1 is 1.05 bits per heavy atom. The molecule has 3 heterocycles. The highest BCUT2D eigenvalue weighted by Crippen LogP contribution is 2.46. The predicted octanol–water partition coefficient (Wildman–Crippen LogP) is 6.06. The SMILES string of the molecule is COc1nc2c(C(O)(CCN(C)C)C3=CCCS3)cc(-c3cccnc3)cc2cc1Cc1ccccc1. The van der Waals surface area contributed by atoms with Crippen molar-refractivity contribution in [3.63, 3.8) is 0 Å². The molecular weight excluding hydrogens is 478 g/mol. The summed E-state index contributed by atoms with van der Waals surface area (Å²) in [6.45, 7) is 0.746. The van der Waals surface area contributed by atoms with Crippen LogP contribution in [-0.4, -0.2) is 53.5 Å². The summed E-state index contributed by atoms with van der Waals surface area (Å²) in [6, 6.07) is 20.8. The van der Waals surface area contributed by atoms with Crippen molar-refractivity contribution >= 4 is 22.7 Å². The zero-order valence-electron chi connectivity index (χ0n) is 21.6. The number of aliphatic hydroxyl groups is 1. The van der Waals surface area contributed by atoms with Gasteiger partial charge in [0.1, 0.15) is 5.60 Å². The maximum Gasteiger partial charge on any atom is 0.217 e. The van der Waals surface area contributed by atoms with Gasteiger partial charge in [0.25, 0.3) is 0 Å². The Bertz CT molecular complexity index is 1410. The Morgan fingerprint density at radius 2 is 1.89 bits per heavy atom. The van der Waals surface area contributed by atoms with Gasteiger partial charge in [-0.3, -0.25) is 4.98 Å². The number of thioether (sulfide) groups is 1. The van der Waals surface area contributed by atoms with Crippen molar-refractivity contribution < 1.29 is 9.84 Å². The molecule has 0 radical (unpaired) electrons. The lowest BCUT2D eigenvalue weighted by Gasteiger charge is -2.32. The molecule has 2 aromatic heterocycles. The molecule has 0 amide bonds. The Hall–Kier alpha value is -3.19. The molecule has 190 valence electrons. The molecule has 6 heteroatoms. The summed E-state index contributed by atoms with van der Waals surface area (Å²) in [4.78, 5) is 12.5. The molecular formula is C31H33N3O2S. The second kappa shape index (κ2) is 11.1. The Balaban J connectivity index is 1.74. The van der Waals surface area contributed by atoms with Crippen molar-refractivity contribution in [1.82, 2.24) is 14.9 Å². The number of allylic oxidation sites excluding steroid dienone is 1. The van der Waals surface area contributed by atoms with E-state index in [1.165, 1.54) is 5.56 Å². The van der Waals surface area contributed by atoms with Crippen LogP contribution < -0.4 is 4.74 Å². The molecule has 1 aliphatic heterocycles. The summed E-state index contributed by atoms with van der Waals surface area (Å²) in [6.07, 6.45) is 8.08. The summed E-state index contributed by atoms with van der Waals surface area (Å²) >= 11 is 1.74. The number of fused-ring (bicyclic) bond motifs is 1. The van der Waals surface area contributed by atoms with Crippen LogP contribution in [0.15, 0.2) is 84.0 Å². The van der Waals surface area contributed by atoms with E-state index < -0.39 is 5.60 Å². The van der Waals surface area contributed by atoms with Crippen molar-refractivity contribution in [2.75, 3.05) is 33.5 Å². The van der Waals surface area contributed by atoms with Gasteiger partial charge in [0.15, 0.2) is 0 Å². The van der Waals surface area contributed by atoms with E-state index in [1.807, 2.05) is 44.6 Å². The lowest BCUT2D eigenvalue weighted by atomic mass is 9.85. The molecule has 1 unspecified atom stereocenters. The van der Waals surface area contributed by atoms with Gasteiger partial charge in [-0.15, -0.1) is 11.8 Å². The number of aromatic nitrogens is 2.